The van der Waals surface area contributed by atoms with Gasteiger partial charge in [0.05, 0.1) is 0 Å². The molecular formula is C17H14N4. The van der Waals surface area contributed by atoms with E-state index in [4.69, 9.17) is 0 Å². The average molecular weight is 274 g/mol. The van der Waals surface area contributed by atoms with Crippen molar-refractivity contribution in [2.75, 3.05) is 5.32 Å². The van der Waals surface area contributed by atoms with E-state index in [1.165, 1.54) is 5.56 Å². The lowest BCUT2D eigenvalue weighted by molar-refractivity contribution is 1.10. The fraction of sp³-hybridized carbons (Fsp3) is 0.0588. The van der Waals surface area contributed by atoms with E-state index in [-0.39, 0.29) is 0 Å². The highest BCUT2D eigenvalue weighted by atomic mass is 15.0. The van der Waals surface area contributed by atoms with Gasteiger partial charge in [0.2, 0.25) is 0 Å². The normalized spacial score (nSPS) is 11.0. The van der Waals surface area contributed by atoms with Gasteiger partial charge in [-0.25, -0.2) is 9.97 Å². The fourth-order valence-corrected chi connectivity index (χ4v) is 2.56. The maximum atomic E-state index is 4.40. The fourth-order valence-electron chi connectivity index (χ4n) is 2.56. The molecule has 4 heteroatoms. The zero-order valence-corrected chi connectivity index (χ0v) is 11.4. The van der Waals surface area contributed by atoms with Crippen molar-refractivity contribution in [3.8, 4) is 0 Å². The van der Waals surface area contributed by atoms with Crippen LogP contribution in [0.4, 0.5) is 5.82 Å². The molecule has 2 heterocycles. The van der Waals surface area contributed by atoms with Crippen LogP contribution in [0.1, 0.15) is 5.56 Å². The number of aromatic nitrogens is 3. The van der Waals surface area contributed by atoms with E-state index in [2.05, 4.69) is 44.5 Å². The van der Waals surface area contributed by atoms with Crippen molar-refractivity contribution < 1.29 is 0 Å². The largest absolute Gasteiger partial charge is 0.364 e. The van der Waals surface area contributed by atoms with E-state index in [1.54, 1.807) is 6.33 Å². The summed E-state index contributed by atoms with van der Waals surface area (Å²) in [5.41, 5.74) is 4.21. The molecule has 0 amide bonds. The maximum absolute atomic E-state index is 4.40. The van der Waals surface area contributed by atoms with Crippen LogP contribution in [0.5, 0.6) is 0 Å². The number of H-pyrrole nitrogens is 1. The molecule has 0 saturated carbocycles. The number of nitrogens with one attached hydrogen (secondary N) is 2. The first-order chi connectivity index (χ1) is 10.4. The Morgan fingerprint density at radius 2 is 1.71 bits per heavy atom. The highest BCUT2D eigenvalue weighted by Gasteiger charge is 2.09. The van der Waals surface area contributed by atoms with Crippen LogP contribution in [0, 0.1) is 0 Å². The van der Waals surface area contributed by atoms with Crippen LogP contribution in [-0.4, -0.2) is 15.0 Å². The summed E-state index contributed by atoms with van der Waals surface area (Å²) in [5, 5.41) is 4.51. The van der Waals surface area contributed by atoms with Crippen LogP contribution in [0.15, 0.2) is 60.9 Å². The van der Waals surface area contributed by atoms with Gasteiger partial charge in [0.1, 0.15) is 17.4 Å². The van der Waals surface area contributed by atoms with Gasteiger partial charge >= 0.3 is 0 Å². The van der Waals surface area contributed by atoms with E-state index < -0.39 is 0 Å². The molecule has 0 atom stereocenters. The monoisotopic (exact) mass is 274 g/mol. The Labute approximate surface area is 121 Å². The van der Waals surface area contributed by atoms with E-state index in [1.807, 2.05) is 30.3 Å². The quantitative estimate of drug-likeness (QED) is 0.598. The second kappa shape index (κ2) is 4.90. The molecule has 102 valence electrons. The van der Waals surface area contributed by atoms with Gasteiger partial charge in [-0.1, -0.05) is 48.5 Å². The van der Waals surface area contributed by atoms with E-state index in [0.29, 0.717) is 0 Å². The summed E-state index contributed by atoms with van der Waals surface area (Å²) < 4.78 is 0. The number of anilines is 1. The van der Waals surface area contributed by atoms with E-state index in [9.17, 15) is 0 Å². The smallest absolute Gasteiger partial charge is 0.154 e. The molecule has 0 unspecified atom stereocenters. The van der Waals surface area contributed by atoms with Crippen molar-refractivity contribution in [3.05, 3.63) is 66.5 Å². The van der Waals surface area contributed by atoms with Crippen molar-refractivity contribution in [2.45, 2.75) is 6.54 Å². The third-order valence-electron chi connectivity index (χ3n) is 3.59. The maximum Gasteiger partial charge on any atom is 0.154 e. The van der Waals surface area contributed by atoms with Gasteiger partial charge < -0.3 is 10.3 Å². The Hall–Kier alpha value is -2.88. The third-order valence-corrected chi connectivity index (χ3v) is 3.59. The molecular weight excluding hydrogens is 260 g/mol. The summed E-state index contributed by atoms with van der Waals surface area (Å²) in [5.74, 6) is 0.833. The van der Waals surface area contributed by atoms with Crippen molar-refractivity contribution >= 4 is 27.8 Å². The molecule has 2 aromatic carbocycles. The number of benzene rings is 2. The Morgan fingerprint density at radius 3 is 2.62 bits per heavy atom. The van der Waals surface area contributed by atoms with Crippen molar-refractivity contribution in [2.24, 2.45) is 0 Å². The Bertz CT molecular complexity index is 896. The first kappa shape index (κ1) is 11.9. The molecule has 4 nitrogen and oxygen atoms in total. The van der Waals surface area contributed by atoms with Crippen molar-refractivity contribution in [1.29, 1.82) is 0 Å². The Morgan fingerprint density at radius 1 is 0.905 bits per heavy atom. The molecule has 0 saturated heterocycles. The summed E-state index contributed by atoms with van der Waals surface area (Å²) in [6, 6.07) is 18.4. The number of aromatic amines is 1. The second-order valence-corrected chi connectivity index (χ2v) is 4.96. The standard InChI is InChI=1S/C17H14N4/c1-2-6-12(7-3-1)10-18-17-16-15(19-11-20-17)13-8-4-5-9-14(13)21-16/h1-9,11,21H,10H2,(H,18,19,20). The lowest BCUT2D eigenvalue weighted by Gasteiger charge is -2.06. The minimum absolute atomic E-state index is 0.738. The second-order valence-electron chi connectivity index (χ2n) is 4.96. The number of para-hydroxylation sites is 1. The number of fused-ring (bicyclic) bond motifs is 3. The minimum atomic E-state index is 0.738. The molecule has 2 aromatic heterocycles. The van der Waals surface area contributed by atoms with Gasteiger partial charge in [-0.05, 0) is 11.6 Å². The zero-order valence-electron chi connectivity index (χ0n) is 11.4. The predicted octanol–water partition coefficient (Wildman–Crippen LogP) is 3.72. The first-order valence-electron chi connectivity index (χ1n) is 6.91. The third kappa shape index (κ3) is 2.10. The van der Waals surface area contributed by atoms with E-state index >= 15 is 0 Å². The highest BCUT2D eigenvalue weighted by molar-refractivity contribution is 6.07. The van der Waals surface area contributed by atoms with Crippen LogP contribution in [0.3, 0.4) is 0 Å². The molecule has 0 spiro atoms. The highest BCUT2D eigenvalue weighted by Crippen LogP contribution is 2.26. The average Bonchev–Trinajstić information content (AvgIpc) is 2.93. The van der Waals surface area contributed by atoms with Crippen molar-refractivity contribution in [3.63, 3.8) is 0 Å². The molecule has 0 fully saturated rings. The lowest BCUT2D eigenvalue weighted by Crippen LogP contribution is -2.02. The van der Waals surface area contributed by atoms with Gasteiger partial charge in [-0.15, -0.1) is 0 Å². The molecule has 0 aliphatic carbocycles. The van der Waals surface area contributed by atoms with Gasteiger partial charge in [-0.2, -0.15) is 0 Å². The van der Waals surface area contributed by atoms with Crippen LogP contribution in [0.2, 0.25) is 0 Å². The molecule has 21 heavy (non-hydrogen) atoms. The number of hydrogen-bond acceptors (Lipinski definition) is 3. The molecule has 0 radical (unpaired) electrons. The summed E-state index contributed by atoms with van der Waals surface area (Å²) in [4.78, 5) is 12.2. The number of rotatable bonds is 3. The molecule has 4 aromatic rings. The van der Waals surface area contributed by atoms with Crippen LogP contribution in [-0.2, 0) is 6.54 Å². The van der Waals surface area contributed by atoms with Gasteiger partial charge in [0, 0.05) is 17.4 Å². The lowest BCUT2D eigenvalue weighted by atomic mass is 10.2. The van der Waals surface area contributed by atoms with Crippen LogP contribution >= 0.6 is 0 Å². The first-order valence-corrected chi connectivity index (χ1v) is 6.91. The molecule has 4 rings (SSSR count). The summed E-state index contributed by atoms with van der Waals surface area (Å²) >= 11 is 0. The topological polar surface area (TPSA) is 53.6 Å². The number of nitrogens with zero attached hydrogens (tertiary/aromatic N) is 2. The van der Waals surface area contributed by atoms with Crippen LogP contribution < -0.4 is 5.32 Å². The Kier molecular flexibility index (Phi) is 2.78. The summed E-state index contributed by atoms with van der Waals surface area (Å²) in [7, 11) is 0. The zero-order chi connectivity index (χ0) is 14.1. The van der Waals surface area contributed by atoms with Gasteiger partial charge in [0.25, 0.3) is 0 Å². The van der Waals surface area contributed by atoms with E-state index in [0.717, 1.165) is 34.3 Å². The van der Waals surface area contributed by atoms with Gasteiger partial charge in [-0.3, -0.25) is 0 Å². The Balaban J connectivity index is 1.75. The van der Waals surface area contributed by atoms with Crippen molar-refractivity contribution in [1.82, 2.24) is 15.0 Å². The molecule has 0 bridgehead atoms. The molecule has 2 N–H and O–H groups in total. The molecule has 0 aliphatic heterocycles. The minimum Gasteiger partial charge on any atom is -0.364 e. The SMILES string of the molecule is c1ccc(CNc2ncnc3c2[nH]c2ccccc23)cc1. The predicted molar refractivity (Wildman–Crippen MR) is 85.2 cm³/mol. The summed E-state index contributed by atoms with van der Waals surface area (Å²) in [6.07, 6.45) is 1.61. The number of hydrogen-bond donors (Lipinski definition) is 2. The van der Waals surface area contributed by atoms with Gasteiger partial charge in [0.15, 0.2) is 5.82 Å². The molecule has 0 aliphatic rings. The summed E-state index contributed by atoms with van der Waals surface area (Å²) in [6.45, 7) is 0.738. The van der Waals surface area contributed by atoms with Crippen LogP contribution in [0.25, 0.3) is 21.9 Å².